The minimum atomic E-state index is -0.581. The van der Waals surface area contributed by atoms with E-state index >= 15 is 0 Å². The molecule has 0 aliphatic rings. The normalized spacial score (nSPS) is 12.8. The van der Waals surface area contributed by atoms with Crippen LogP contribution in [0.15, 0.2) is 48.5 Å². The first-order valence-electron chi connectivity index (χ1n) is 11.0. The van der Waals surface area contributed by atoms with E-state index in [9.17, 15) is 9.59 Å². The maximum absolute atomic E-state index is 13.3. The molecule has 2 amide bonds. The number of thioether (sulfide) groups is 1. The Kier molecular flexibility index (Phi) is 11.4. The molecule has 2 aromatic carbocycles. The zero-order chi connectivity index (χ0) is 23.5. The summed E-state index contributed by atoms with van der Waals surface area (Å²) >= 11 is 14.5. The molecule has 0 aromatic heterocycles. The van der Waals surface area contributed by atoms with Crippen molar-refractivity contribution in [1.82, 2.24) is 10.2 Å². The molecule has 0 saturated carbocycles. The molecule has 0 radical (unpaired) electrons. The molecule has 0 fully saturated rings. The van der Waals surface area contributed by atoms with Gasteiger partial charge in [0.25, 0.3) is 0 Å². The smallest absolute Gasteiger partial charge is 0.243 e. The van der Waals surface area contributed by atoms with Crippen molar-refractivity contribution in [2.45, 2.75) is 64.4 Å². The van der Waals surface area contributed by atoms with E-state index in [-0.39, 0.29) is 24.4 Å². The van der Waals surface area contributed by atoms with Gasteiger partial charge >= 0.3 is 0 Å². The predicted octanol–water partition coefficient (Wildman–Crippen LogP) is 6.34. The van der Waals surface area contributed by atoms with Crippen LogP contribution in [0.5, 0.6) is 0 Å². The third-order valence-corrected chi connectivity index (χ3v) is 7.09. The molecule has 0 spiro atoms. The Bertz CT molecular complexity index is 859. The van der Waals surface area contributed by atoms with Crippen LogP contribution in [-0.4, -0.2) is 34.6 Å². The third-order valence-electron chi connectivity index (χ3n) is 5.35. The number of amides is 2. The Balaban J connectivity index is 2.14. The summed E-state index contributed by atoms with van der Waals surface area (Å²) in [6, 6.07) is 14.9. The van der Waals surface area contributed by atoms with E-state index in [0.29, 0.717) is 34.2 Å². The largest absolute Gasteiger partial charge is 0.352 e. The monoisotopic (exact) mass is 494 g/mol. The highest BCUT2D eigenvalue weighted by Crippen LogP contribution is 2.27. The summed E-state index contributed by atoms with van der Waals surface area (Å²) in [6.07, 6.45) is 1.67. The Labute approximate surface area is 206 Å². The van der Waals surface area contributed by atoms with Gasteiger partial charge in [0.1, 0.15) is 6.04 Å². The predicted molar refractivity (Wildman–Crippen MR) is 136 cm³/mol. The lowest BCUT2D eigenvalue weighted by Crippen LogP contribution is -2.50. The minimum Gasteiger partial charge on any atom is -0.352 e. The number of carbonyl (C=O) groups excluding carboxylic acids is 2. The molecule has 0 unspecified atom stereocenters. The average molecular weight is 496 g/mol. The molecular formula is C25H32Cl2N2O2S. The van der Waals surface area contributed by atoms with Gasteiger partial charge in [-0.3, -0.25) is 9.59 Å². The minimum absolute atomic E-state index is 0.0406. The summed E-state index contributed by atoms with van der Waals surface area (Å²) in [5, 5.41) is 4.00. The lowest BCUT2D eigenvalue weighted by atomic mass is 10.1. The molecule has 2 atom stereocenters. The van der Waals surface area contributed by atoms with E-state index in [0.717, 1.165) is 12.2 Å². The zero-order valence-corrected chi connectivity index (χ0v) is 21.3. The fraction of sp³-hybridized carbons (Fsp3) is 0.440. The van der Waals surface area contributed by atoms with Crippen molar-refractivity contribution in [3.63, 3.8) is 0 Å². The molecule has 0 saturated heterocycles. The van der Waals surface area contributed by atoms with E-state index in [4.69, 9.17) is 23.2 Å². The summed E-state index contributed by atoms with van der Waals surface area (Å²) in [6.45, 7) is 6.09. The van der Waals surface area contributed by atoms with Crippen LogP contribution in [0, 0.1) is 0 Å². The number of carbonyl (C=O) groups is 2. The maximum Gasteiger partial charge on any atom is 0.243 e. The Morgan fingerprint density at radius 3 is 2.25 bits per heavy atom. The lowest BCUT2D eigenvalue weighted by Gasteiger charge is -2.32. The van der Waals surface area contributed by atoms with E-state index in [1.54, 1.807) is 34.9 Å². The van der Waals surface area contributed by atoms with E-state index in [1.165, 1.54) is 5.56 Å². The van der Waals surface area contributed by atoms with Crippen LogP contribution in [0.4, 0.5) is 0 Å². The first-order chi connectivity index (χ1) is 15.4. The summed E-state index contributed by atoms with van der Waals surface area (Å²) < 4.78 is 0. The van der Waals surface area contributed by atoms with Gasteiger partial charge < -0.3 is 10.2 Å². The van der Waals surface area contributed by atoms with Crippen molar-refractivity contribution >= 4 is 46.8 Å². The van der Waals surface area contributed by atoms with E-state index in [2.05, 4.69) is 17.4 Å². The molecule has 7 heteroatoms. The molecule has 0 bridgehead atoms. The van der Waals surface area contributed by atoms with Crippen LogP contribution in [0.1, 0.15) is 51.2 Å². The van der Waals surface area contributed by atoms with Crippen LogP contribution in [-0.2, 0) is 21.9 Å². The highest BCUT2D eigenvalue weighted by atomic mass is 35.5. The van der Waals surface area contributed by atoms with Gasteiger partial charge in [-0.1, -0.05) is 73.4 Å². The van der Waals surface area contributed by atoms with Crippen molar-refractivity contribution in [3.8, 4) is 0 Å². The maximum atomic E-state index is 13.3. The van der Waals surface area contributed by atoms with Crippen molar-refractivity contribution in [3.05, 3.63) is 69.7 Å². The zero-order valence-electron chi connectivity index (χ0n) is 18.9. The van der Waals surface area contributed by atoms with Crippen molar-refractivity contribution in [2.75, 3.05) is 5.75 Å². The number of benzene rings is 2. The standard InChI is InChI=1S/C25H32Cl2N2O2S/c1-4-18(3)28-25(31)23(5-2)29(16-20-21(26)12-9-13-22(20)27)24(30)14-15-32-17-19-10-7-6-8-11-19/h6-13,18,23H,4-5,14-17H2,1-3H3,(H,28,31)/t18-,23-/m0/s1. The van der Waals surface area contributed by atoms with Crippen LogP contribution in [0.25, 0.3) is 0 Å². The molecule has 0 aliphatic heterocycles. The molecule has 2 rings (SSSR count). The highest BCUT2D eigenvalue weighted by molar-refractivity contribution is 7.98. The van der Waals surface area contributed by atoms with Gasteiger partial charge in [0, 0.05) is 46.1 Å². The molecular weight excluding hydrogens is 463 g/mol. The van der Waals surface area contributed by atoms with Crippen LogP contribution in [0.2, 0.25) is 10.0 Å². The van der Waals surface area contributed by atoms with Crippen LogP contribution < -0.4 is 5.32 Å². The van der Waals surface area contributed by atoms with Crippen molar-refractivity contribution < 1.29 is 9.59 Å². The van der Waals surface area contributed by atoms with Gasteiger partial charge in [0.15, 0.2) is 0 Å². The Morgan fingerprint density at radius 1 is 1.00 bits per heavy atom. The molecule has 1 N–H and O–H groups in total. The summed E-state index contributed by atoms with van der Waals surface area (Å²) in [5.74, 6) is 1.29. The first-order valence-corrected chi connectivity index (χ1v) is 12.9. The second-order valence-electron chi connectivity index (χ2n) is 7.75. The summed E-state index contributed by atoms with van der Waals surface area (Å²) in [4.78, 5) is 27.9. The van der Waals surface area contributed by atoms with Crippen molar-refractivity contribution in [1.29, 1.82) is 0 Å². The summed E-state index contributed by atoms with van der Waals surface area (Å²) in [5.41, 5.74) is 1.89. The van der Waals surface area contributed by atoms with Gasteiger partial charge in [-0.25, -0.2) is 0 Å². The third kappa shape index (κ3) is 8.02. The van der Waals surface area contributed by atoms with Crippen molar-refractivity contribution in [2.24, 2.45) is 0 Å². The van der Waals surface area contributed by atoms with Gasteiger partial charge in [-0.15, -0.1) is 0 Å². The van der Waals surface area contributed by atoms with Crippen LogP contribution >= 0.6 is 35.0 Å². The molecule has 0 aliphatic carbocycles. The topological polar surface area (TPSA) is 49.4 Å². The Hall–Kier alpha value is -1.69. The second-order valence-corrected chi connectivity index (χ2v) is 9.67. The molecule has 174 valence electrons. The van der Waals surface area contributed by atoms with Gasteiger partial charge in [0.2, 0.25) is 11.8 Å². The second kappa shape index (κ2) is 13.8. The number of nitrogens with zero attached hydrogens (tertiary/aromatic N) is 1. The molecule has 4 nitrogen and oxygen atoms in total. The summed E-state index contributed by atoms with van der Waals surface area (Å²) in [7, 11) is 0. The number of halogens is 2. The number of hydrogen-bond donors (Lipinski definition) is 1. The number of rotatable bonds is 12. The van der Waals surface area contributed by atoms with Gasteiger partial charge in [-0.2, -0.15) is 11.8 Å². The molecule has 32 heavy (non-hydrogen) atoms. The van der Waals surface area contributed by atoms with Gasteiger partial charge in [0.05, 0.1) is 0 Å². The van der Waals surface area contributed by atoms with Crippen LogP contribution in [0.3, 0.4) is 0 Å². The van der Waals surface area contributed by atoms with E-state index < -0.39 is 6.04 Å². The Morgan fingerprint density at radius 2 is 1.66 bits per heavy atom. The quantitative estimate of drug-likeness (QED) is 0.350. The van der Waals surface area contributed by atoms with Gasteiger partial charge in [-0.05, 0) is 37.5 Å². The fourth-order valence-corrected chi connectivity index (χ4v) is 4.69. The lowest BCUT2D eigenvalue weighted by molar-refractivity contribution is -0.141. The SMILES string of the molecule is CC[C@H](C)NC(=O)[C@H](CC)N(Cc1c(Cl)cccc1Cl)C(=O)CCSCc1ccccc1. The molecule has 2 aromatic rings. The number of nitrogens with one attached hydrogen (secondary N) is 1. The van der Waals surface area contributed by atoms with E-state index in [1.807, 2.05) is 39.0 Å². The average Bonchev–Trinajstić information content (AvgIpc) is 2.78. The first kappa shape index (κ1) is 26.6. The fourth-order valence-electron chi connectivity index (χ4n) is 3.28. The molecule has 0 heterocycles. The number of hydrogen-bond acceptors (Lipinski definition) is 3. The highest BCUT2D eigenvalue weighted by Gasteiger charge is 2.30.